The first-order valence-corrected chi connectivity index (χ1v) is 7.67. The van der Waals surface area contributed by atoms with Crippen LogP contribution in [-0.4, -0.2) is 66.8 Å². The number of hydrogen-bond acceptors (Lipinski definition) is 3. The van der Waals surface area contributed by atoms with Crippen molar-refractivity contribution >= 4 is 0 Å². The van der Waals surface area contributed by atoms with Gasteiger partial charge < -0.3 is 10.2 Å². The van der Waals surface area contributed by atoms with Crippen molar-refractivity contribution in [3.05, 3.63) is 0 Å². The first-order valence-electron chi connectivity index (χ1n) is 7.67. The zero-order chi connectivity index (χ0) is 14.8. The van der Waals surface area contributed by atoms with Gasteiger partial charge in [-0.1, -0.05) is 0 Å². The summed E-state index contributed by atoms with van der Waals surface area (Å²) in [5.41, 5.74) is 0. The van der Waals surface area contributed by atoms with Gasteiger partial charge in [0.1, 0.15) is 6.04 Å². The van der Waals surface area contributed by atoms with E-state index >= 15 is 0 Å². The van der Waals surface area contributed by atoms with E-state index in [0.29, 0.717) is 19.1 Å². The average Bonchev–Trinajstić information content (AvgIpc) is 2.64. The van der Waals surface area contributed by atoms with E-state index in [1.807, 2.05) is 0 Å². The van der Waals surface area contributed by atoms with Gasteiger partial charge >= 0.3 is 6.18 Å². The van der Waals surface area contributed by atoms with E-state index < -0.39 is 12.2 Å². The Bertz CT molecular complexity index is 299. The van der Waals surface area contributed by atoms with Crippen molar-refractivity contribution in [1.29, 1.82) is 0 Å². The van der Waals surface area contributed by atoms with Crippen LogP contribution >= 0.6 is 0 Å². The lowest BCUT2D eigenvalue weighted by Crippen LogP contribution is -2.56. The van der Waals surface area contributed by atoms with Crippen molar-refractivity contribution in [3.63, 3.8) is 0 Å². The van der Waals surface area contributed by atoms with Crippen LogP contribution in [0.1, 0.15) is 33.1 Å². The van der Waals surface area contributed by atoms with Gasteiger partial charge in [0.25, 0.3) is 0 Å². The molecular weight excluding hydrogens is 267 g/mol. The van der Waals surface area contributed by atoms with Gasteiger partial charge in [0.2, 0.25) is 0 Å². The second-order valence-electron chi connectivity index (χ2n) is 6.21. The fourth-order valence-corrected chi connectivity index (χ4v) is 3.37. The molecule has 0 aromatic rings. The summed E-state index contributed by atoms with van der Waals surface area (Å²) in [6, 6.07) is -0.753. The van der Waals surface area contributed by atoms with E-state index in [0.717, 1.165) is 32.4 Å². The Kier molecular flexibility index (Phi) is 5.31. The van der Waals surface area contributed by atoms with Crippen LogP contribution in [0, 0.1) is 0 Å². The molecule has 3 nitrogen and oxygen atoms in total. The maximum Gasteiger partial charge on any atom is 0.405 e. The minimum atomic E-state index is -4.13. The summed E-state index contributed by atoms with van der Waals surface area (Å²) < 4.78 is 39.7. The second kappa shape index (κ2) is 6.62. The van der Waals surface area contributed by atoms with Gasteiger partial charge in [-0.05, 0) is 52.7 Å². The van der Waals surface area contributed by atoms with Crippen LogP contribution in [0.2, 0.25) is 0 Å². The smallest absolute Gasteiger partial charge is 0.315 e. The standard InChI is InChI=1S/C14H26F3N3/c1-11(2)19-8-4-12(5-9-19)20-7-3-6-18-10-13(20)14(15,16)17/h11-13,18H,3-10H2,1-2H3. The molecule has 2 heterocycles. The van der Waals surface area contributed by atoms with E-state index in [1.165, 1.54) is 0 Å². The molecule has 2 aliphatic rings. The van der Waals surface area contributed by atoms with E-state index in [4.69, 9.17) is 0 Å². The maximum absolute atomic E-state index is 13.2. The normalized spacial score (nSPS) is 28.8. The molecule has 0 amide bonds. The summed E-state index contributed by atoms with van der Waals surface area (Å²) in [5, 5.41) is 2.93. The van der Waals surface area contributed by atoms with Crippen LogP contribution in [-0.2, 0) is 0 Å². The Morgan fingerprint density at radius 1 is 1.10 bits per heavy atom. The van der Waals surface area contributed by atoms with Gasteiger partial charge in [0.05, 0.1) is 0 Å². The van der Waals surface area contributed by atoms with Crippen LogP contribution in [0.25, 0.3) is 0 Å². The number of rotatable bonds is 2. The van der Waals surface area contributed by atoms with E-state index in [2.05, 4.69) is 24.1 Å². The number of nitrogens with zero attached hydrogens (tertiary/aromatic N) is 2. The first kappa shape index (κ1) is 16.0. The molecule has 6 heteroatoms. The number of alkyl halides is 3. The number of likely N-dealkylation sites (tertiary alicyclic amines) is 1. The van der Waals surface area contributed by atoms with Gasteiger partial charge in [-0.15, -0.1) is 0 Å². The molecule has 20 heavy (non-hydrogen) atoms. The molecule has 0 bridgehead atoms. The van der Waals surface area contributed by atoms with Crippen molar-refractivity contribution in [1.82, 2.24) is 15.1 Å². The number of halogens is 3. The third kappa shape index (κ3) is 3.86. The van der Waals surface area contributed by atoms with Crippen LogP contribution in [0.5, 0.6) is 0 Å². The molecule has 0 saturated carbocycles. The highest BCUT2D eigenvalue weighted by atomic mass is 19.4. The topological polar surface area (TPSA) is 18.5 Å². The summed E-state index contributed by atoms with van der Waals surface area (Å²) in [4.78, 5) is 4.08. The Morgan fingerprint density at radius 2 is 1.75 bits per heavy atom. The highest BCUT2D eigenvalue weighted by molar-refractivity contribution is 4.90. The average molecular weight is 293 g/mol. The Balaban J connectivity index is 2.01. The predicted octanol–water partition coefficient (Wildman–Crippen LogP) is 2.09. The highest BCUT2D eigenvalue weighted by Gasteiger charge is 2.46. The van der Waals surface area contributed by atoms with Gasteiger partial charge in [-0.3, -0.25) is 4.90 Å². The third-order valence-electron chi connectivity index (χ3n) is 4.58. The van der Waals surface area contributed by atoms with Crippen molar-refractivity contribution in [3.8, 4) is 0 Å². The Hall–Kier alpha value is -0.330. The number of nitrogens with one attached hydrogen (secondary N) is 1. The fourth-order valence-electron chi connectivity index (χ4n) is 3.37. The minimum absolute atomic E-state index is 0.0356. The van der Waals surface area contributed by atoms with E-state index in [9.17, 15) is 13.2 Å². The molecule has 0 spiro atoms. The molecule has 118 valence electrons. The molecule has 1 N–H and O–H groups in total. The van der Waals surface area contributed by atoms with Gasteiger partial charge in [0, 0.05) is 25.2 Å². The second-order valence-corrected chi connectivity index (χ2v) is 6.21. The summed E-state index contributed by atoms with van der Waals surface area (Å²) in [6.45, 7) is 7.41. The van der Waals surface area contributed by atoms with E-state index in [1.54, 1.807) is 4.90 Å². The molecule has 1 atom stereocenters. The fraction of sp³-hybridized carbons (Fsp3) is 1.00. The first-order chi connectivity index (χ1) is 9.39. The number of hydrogen-bond donors (Lipinski definition) is 1. The Morgan fingerprint density at radius 3 is 2.30 bits per heavy atom. The molecule has 2 saturated heterocycles. The lowest BCUT2D eigenvalue weighted by molar-refractivity contribution is -0.188. The molecule has 2 fully saturated rings. The van der Waals surface area contributed by atoms with Crippen LogP contribution < -0.4 is 5.32 Å². The molecular formula is C14H26F3N3. The zero-order valence-electron chi connectivity index (χ0n) is 12.4. The minimum Gasteiger partial charge on any atom is -0.315 e. The van der Waals surface area contributed by atoms with Crippen LogP contribution in [0.3, 0.4) is 0 Å². The maximum atomic E-state index is 13.2. The van der Waals surface area contributed by atoms with Gasteiger partial charge in [-0.25, -0.2) is 0 Å². The monoisotopic (exact) mass is 293 g/mol. The molecule has 0 aromatic carbocycles. The zero-order valence-corrected chi connectivity index (χ0v) is 12.4. The third-order valence-corrected chi connectivity index (χ3v) is 4.58. The van der Waals surface area contributed by atoms with E-state index in [-0.39, 0.29) is 12.6 Å². The van der Waals surface area contributed by atoms with Crippen LogP contribution in [0.4, 0.5) is 13.2 Å². The molecule has 0 aromatic heterocycles. The molecule has 2 rings (SSSR count). The van der Waals surface area contributed by atoms with Crippen molar-refractivity contribution in [2.75, 3.05) is 32.7 Å². The lowest BCUT2D eigenvalue weighted by Gasteiger charge is -2.43. The predicted molar refractivity (Wildman–Crippen MR) is 73.8 cm³/mol. The summed E-state index contributed by atoms with van der Waals surface area (Å²) >= 11 is 0. The quantitative estimate of drug-likeness (QED) is 0.841. The summed E-state index contributed by atoms with van der Waals surface area (Å²) in [7, 11) is 0. The lowest BCUT2D eigenvalue weighted by atomic mass is 9.99. The summed E-state index contributed by atoms with van der Waals surface area (Å²) in [5.74, 6) is 0. The molecule has 0 aliphatic carbocycles. The molecule has 2 aliphatic heterocycles. The highest BCUT2D eigenvalue weighted by Crippen LogP contribution is 2.30. The van der Waals surface area contributed by atoms with Crippen LogP contribution in [0.15, 0.2) is 0 Å². The van der Waals surface area contributed by atoms with Crippen molar-refractivity contribution < 1.29 is 13.2 Å². The van der Waals surface area contributed by atoms with Crippen molar-refractivity contribution in [2.24, 2.45) is 0 Å². The SMILES string of the molecule is CC(C)N1CCC(N2CCCNCC2C(F)(F)F)CC1. The number of piperidine rings is 1. The Labute approximate surface area is 119 Å². The summed E-state index contributed by atoms with van der Waals surface area (Å²) in [6.07, 6.45) is -1.63. The van der Waals surface area contributed by atoms with Gasteiger partial charge in [0.15, 0.2) is 0 Å². The molecule has 1 unspecified atom stereocenters. The largest absolute Gasteiger partial charge is 0.405 e. The van der Waals surface area contributed by atoms with Crippen molar-refractivity contribution in [2.45, 2.75) is 57.4 Å². The van der Waals surface area contributed by atoms with Gasteiger partial charge in [-0.2, -0.15) is 13.2 Å². The molecule has 0 radical (unpaired) electrons.